The summed E-state index contributed by atoms with van der Waals surface area (Å²) in [6.07, 6.45) is 2.12. The van der Waals surface area contributed by atoms with Crippen LogP contribution in [-0.4, -0.2) is 41.7 Å². The topological polar surface area (TPSA) is 54.2 Å². The zero-order chi connectivity index (χ0) is 15.5. The van der Waals surface area contributed by atoms with E-state index in [9.17, 15) is 0 Å². The van der Waals surface area contributed by atoms with E-state index in [1.54, 1.807) is 0 Å². The molecule has 5 nitrogen and oxygen atoms in total. The van der Waals surface area contributed by atoms with Gasteiger partial charge in [0, 0.05) is 24.1 Å². The average Bonchev–Trinajstić information content (AvgIpc) is 2.97. The second-order valence-corrected chi connectivity index (χ2v) is 6.47. The fourth-order valence-corrected chi connectivity index (χ4v) is 3.00. The highest BCUT2D eigenvalue weighted by Gasteiger charge is 2.25. The summed E-state index contributed by atoms with van der Waals surface area (Å²) in [5.74, 6) is 1.85. The van der Waals surface area contributed by atoms with Crippen LogP contribution >= 0.6 is 0 Å². The maximum absolute atomic E-state index is 5.50. The Morgan fingerprint density at radius 2 is 2.05 bits per heavy atom. The van der Waals surface area contributed by atoms with Gasteiger partial charge in [-0.25, -0.2) is 0 Å². The van der Waals surface area contributed by atoms with Crippen LogP contribution in [0.1, 0.15) is 37.1 Å². The number of nitrogens with zero attached hydrogens (tertiary/aromatic N) is 3. The predicted molar refractivity (Wildman–Crippen MR) is 86.6 cm³/mol. The van der Waals surface area contributed by atoms with Gasteiger partial charge in [-0.15, -0.1) is 0 Å². The van der Waals surface area contributed by atoms with Gasteiger partial charge in [0.2, 0.25) is 11.7 Å². The van der Waals surface area contributed by atoms with E-state index in [2.05, 4.69) is 65.6 Å². The summed E-state index contributed by atoms with van der Waals surface area (Å²) in [6, 6.07) is 8.90. The van der Waals surface area contributed by atoms with E-state index >= 15 is 0 Å². The van der Waals surface area contributed by atoms with Gasteiger partial charge in [0.1, 0.15) is 0 Å². The van der Waals surface area contributed by atoms with Gasteiger partial charge < -0.3 is 14.7 Å². The lowest BCUT2D eigenvalue weighted by Gasteiger charge is -2.25. The molecule has 0 amide bonds. The van der Waals surface area contributed by atoms with Crippen molar-refractivity contribution in [1.29, 1.82) is 0 Å². The minimum absolute atomic E-state index is 0.380. The molecule has 1 aromatic heterocycles. The summed E-state index contributed by atoms with van der Waals surface area (Å²) in [4.78, 5) is 6.77. The minimum atomic E-state index is 0.380. The fraction of sp³-hybridized carbons (Fsp3) is 0.529. The third kappa shape index (κ3) is 3.54. The molecule has 2 heterocycles. The van der Waals surface area contributed by atoms with Gasteiger partial charge in [0.05, 0.1) is 0 Å². The van der Waals surface area contributed by atoms with E-state index in [-0.39, 0.29) is 0 Å². The van der Waals surface area contributed by atoms with Gasteiger partial charge >= 0.3 is 0 Å². The van der Waals surface area contributed by atoms with Gasteiger partial charge in [0.15, 0.2) is 0 Å². The molecule has 1 saturated heterocycles. The molecule has 2 aromatic rings. The molecule has 5 heteroatoms. The van der Waals surface area contributed by atoms with Crippen molar-refractivity contribution in [2.45, 2.75) is 38.3 Å². The van der Waals surface area contributed by atoms with Crippen LogP contribution in [0.15, 0.2) is 28.8 Å². The fourth-order valence-electron chi connectivity index (χ4n) is 3.00. The molecule has 1 aliphatic rings. The molecular formula is C17H24N4O. The first-order valence-corrected chi connectivity index (χ1v) is 7.93. The molecule has 0 saturated carbocycles. The Hall–Kier alpha value is -1.72. The minimum Gasteiger partial charge on any atom is -0.339 e. The van der Waals surface area contributed by atoms with Gasteiger partial charge in [-0.05, 0) is 46.0 Å². The number of aromatic nitrogens is 2. The first-order valence-electron chi connectivity index (χ1n) is 7.93. The third-order valence-electron chi connectivity index (χ3n) is 4.13. The van der Waals surface area contributed by atoms with Crippen LogP contribution in [0, 0.1) is 0 Å². The molecule has 22 heavy (non-hydrogen) atoms. The molecule has 0 spiro atoms. The van der Waals surface area contributed by atoms with Crippen LogP contribution in [-0.2, 0) is 6.54 Å². The van der Waals surface area contributed by atoms with Crippen LogP contribution in [0.25, 0.3) is 11.4 Å². The maximum Gasteiger partial charge on any atom is 0.230 e. The van der Waals surface area contributed by atoms with Crippen LogP contribution < -0.4 is 5.32 Å². The Balaban J connectivity index is 1.73. The third-order valence-corrected chi connectivity index (χ3v) is 4.13. The van der Waals surface area contributed by atoms with Gasteiger partial charge in [-0.2, -0.15) is 4.98 Å². The first-order chi connectivity index (χ1) is 10.6. The predicted octanol–water partition coefficient (Wildman–Crippen LogP) is 2.65. The van der Waals surface area contributed by atoms with E-state index < -0.39 is 0 Å². The van der Waals surface area contributed by atoms with Crippen molar-refractivity contribution in [3.8, 4) is 11.4 Å². The van der Waals surface area contributed by atoms with E-state index in [1.165, 1.54) is 5.56 Å². The molecule has 118 valence electrons. The lowest BCUT2D eigenvalue weighted by Crippen LogP contribution is -2.34. The summed E-state index contributed by atoms with van der Waals surface area (Å²) in [6.45, 7) is 4.15. The molecule has 1 N–H and O–H groups in total. The van der Waals surface area contributed by atoms with Gasteiger partial charge in [-0.1, -0.05) is 29.4 Å². The van der Waals surface area contributed by atoms with Crippen LogP contribution in [0.3, 0.4) is 0 Å². The lowest BCUT2D eigenvalue weighted by atomic mass is 9.93. The van der Waals surface area contributed by atoms with Crippen molar-refractivity contribution >= 4 is 0 Å². The zero-order valence-corrected chi connectivity index (χ0v) is 13.5. The molecule has 0 unspecified atom stereocenters. The highest BCUT2D eigenvalue weighted by molar-refractivity contribution is 5.54. The van der Waals surface area contributed by atoms with Gasteiger partial charge in [0.25, 0.3) is 0 Å². The summed E-state index contributed by atoms with van der Waals surface area (Å²) in [5.41, 5.74) is 2.30. The Morgan fingerprint density at radius 1 is 1.27 bits per heavy atom. The second kappa shape index (κ2) is 6.58. The highest BCUT2D eigenvalue weighted by atomic mass is 16.5. The van der Waals surface area contributed by atoms with Crippen molar-refractivity contribution < 1.29 is 4.52 Å². The molecule has 0 bridgehead atoms. The Kier molecular flexibility index (Phi) is 4.55. The number of benzene rings is 1. The summed E-state index contributed by atoms with van der Waals surface area (Å²) < 4.78 is 5.50. The standard InChI is InChI=1S/C17H24N4O/c1-12-10-15(8-9-18-12)17-19-16(20-22-17)14-6-4-13(5-7-14)11-21(2)3/h4-7,12,15,18H,8-11H2,1-3H3/t12-,15-/m0/s1. The smallest absolute Gasteiger partial charge is 0.230 e. The van der Waals surface area contributed by atoms with Crippen LogP contribution in [0.4, 0.5) is 0 Å². The summed E-state index contributed by atoms with van der Waals surface area (Å²) >= 11 is 0. The summed E-state index contributed by atoms with van der Waals surface area (Å²) in [7, 11) is 4.14. The first kappa shape index (κ1) is 15.2. The normalized spacial score (nSPS) is 22.2. The zero-order valence-electron chi connectivity index (χ0n) is 13.5. The van der Waals surface area contributed by atoms with Crippen LogP contribution in [0.5, 0.6) is 0 Å². The van der Waals surface area contributed by atoms with Crippen molar-refractivity contribution in [1.82, 2.24) is 20.4 Å². The van der Waals surface area contributed by atoms with Crippen molar-refractivity contribution in [2.24, 2.45) is 0 Å². The molecule has 0 radical (unpaired) electrons. The molecule has 1 aromatic carbocycles. The Morgan fingerprint density at radius 3 is 2.73 bits per heavy atom. The quantitative estimate of drug-likeness (QED) is 0.941. The van der Waals surface area contributed by atoms with E-state index in [0.29, 0.717) is 17.8 Å². The lowest BCUT2D eigenvalue weighted by molar-refractivity contribution is 0.295. The van der Waals surface area contributed by atoms with Gasteiger partial charge in [-0.3, -0.25) is 0 Å². The number of nitrogens with one attached hydrogen (secondary N) is 1. The highest BCUT2D eigenvalue weighted by Crippen LogP contribution is 2.28. The van der Waals surface area contributed by atoms with Crippen molar-refractivity contribution in [3.63, 3.8) is 0 Å². The SMILES string of the molecule is C[C@H]1C[C@@H](c2nc(-c3ccc(CN(C)C)cc3)no2)CCN1. The molecular weight excluding hydrogens is 276 g/mol. The number of piperidine rings is 1. The maximum atomic E-state index is 5.50. The molecule has 2 atom stereocenters. The Bertz CT molecular complexity index is 605. The van der Waals surface area contributed by atoms with Crippen molar-refractivity contribution in [2.75, 3.05) is 20.6 Å². The number of hydrogen-bond donors (Lipinski definition) is 1. The molecule has 3 rings (SSSR count). The average molecular weight is 300 g/mol. The molecule has 1 fully saturated rings. The summed E-state index contributed by atoms with van der Waals surface area (Å²) in [5, 5.41) is 7.61. The van der Waals surface area contributed by atoms with E-state index in [1.807, 2.05) is 0 Å². The largest absolute Gasteiger partial charge is 0.339 e. The van der Waals surface area contributed by atoms with Crippen LogP contribution in [0.2, 0.25) is 0 Å². The monoisotopic (exact) mass is 300 g/mol. The molecule has 0 aliphatic carbocycles. The second-order valence-electron chi connectivity index (χ2n) is 6.47. The van der Waals surface area contributed by atoms with E-state index in [0.717, 1.165) is 37.4 Å². The number of hydrogen-bond acceptors (Lipinski definition) is 5. The Labute approximate surface area is 131 Å². The molecule has 1 aliphatic heterocycles. The van der Waals surface area contributed by atoms with Crippen molar-refractivity contribution in [3.05, 3.63) is 35.7 Å². The van der Waals surface area contributed by atoms with E-state index in [4.69, 9.17) is 4.52 Å². The number of rotatable bonds is 4.